The number of imide groups is 1. The molecule has 0 unspecified atom stereocenters. The van der Waals surface area contributed by atoms with Gasteiger partial charge in [0.1, 0.15) is 5.75 Å². The molecule has 1 aromatic carbocycles. The number of aromatic hydroxyl groups is 1. The van der Waals surface area contributed by atoms with E-state index in [1.807, 2.05) is 0 Å². The molecule has 0 radical (unpaired) electrons. The van der Waals surface area contributed by atoms with E-state index in [9.17, 15) is 19.5 Å². The number of phenolic OH excluding ortho intramolecular Hbond substituents is 1. The highest BCUT2D eigenvalue weighted by Gasteiger charge is 2.42. The molecular formula is C20H28N4O4. The molecule has 3 N–H and O–H groups in total. The Bertz CT molecular complexity index is 778. The van der Waals surface area contributed by atoms with Gasteiger partial charge in [0.25, 0.3) is 5.91 Å². The van der Waals surface area contributed by atoms with Crippen molar-refractivity contribution in [3.8, 4) is 5.75 Å². The summed E-state index contributed by atoms with van der Waals surface area (Å²) >= 11 is 0. The lowest BCUT2D eigenvalue weighted by Crippen LogP contribution is -2.44. The lowest BCUT2D eigenvalue weighted by molar-refractivity contribution is -0.151. The van der Waals surface area contributed by atoms with Crippen LogP contribution < -0.4 is 5.73 Å². The van der Waals surface area contributed by atoms with Crippen molar-refractivity contribution in [3.05, 3.63) is 29.8 Å². The van der Waals surface area contributed by atoms with Gasteiger partial charge in [-0.1, -0.05) is 39.8 Å². The second-order valence-electron chi connectivity index (χ2n) is 7.88. The minimum Gasteiger partial charge on any atom is -0.507 e. The number of carbonyl (C=O) groups is 3. The van der Waals surface area contributed by atoms with E-state index in [1.54, 1.807) is 18.2 Å². The van der Waals surface area contributed by atoms with Gasteiger partial charge in [-0.25, -0.2) is 0 Å². The summed E-state index contributed by atoms with van der Waals surface area (Å²) in [6.07, 6.45) is 0. The molecule has 1 aliphatic heterocycles. The van der Waals surface area contributed by atoms with E-state index in [4.69, 9.17) is 5.73 Å². The van der Waals surface area contributed by atoms with Gasteiger partial charge in [-0.2, -0.15) is 10.1 Å². The van der Waals surface area contributed by atoms with Gasteiger partial charge in [0.05, 0.1) is 11.6 Å². The van der Waals surface area contributed by atoms with Crippen LogP contribution in [0.3, 0.4) is 0 Å². The highest BCUT2D eigenvalue weighted by atomic mass is 16.3. The van der Waals surface area contributed by atoms with Crippen LogP contribution in [0.4, 0.5) is 0 Å². The molecule has 0 spiro atoms. The second kappa shape index (κ2) is 8.97. The zero-order chi connectivity index (χ0) is 21.0. The lowest BCUT2D eigenvalue weighted by Gasteiger charge is -2.28. The van der Waals surface area contributed by atoms with Crippen molar-refractivity contribution in [1.29, 1.82) is 0 Å². The van der Waals surface area contributed by atoms with Gasteiger partial charge in [-0.3, -0.25) is 14.4 Å². The van der Waals surface area contributed by atoms with Gasteiger partial charge in [0.15, 0.2) is 0 Å². The molecular weight excluding hydrogens is 360 g/mol. The van der Waals surface area contributed by atoms with Crippen LogP contribution in [0.1, 0.15) is 33.3 Å². The minimum absolute atomic E-state index is 0.0494. The van der Waals surface area contributed by atoms with Crippen LogP contribution in [0.25, 0.3) is 0 Å². The average molecular weight is 388 g/mol. The monoisotopic (exact) mass is 388 g/mol. The predicted molar refractivity (Wildman–Crippen MR) is 105 cm³/mol. The molecule has 1 aromatic rings. The first-order valence-electron chi connectivity index (χ1n) is 9.38. The third kappa shape index (κ3) is 4.95. The molecule has 1 heterocycles. The smallest absolute Gasteiger partial charge is 0.338 e. The highest BCUT2D eigenvalue weighted by molar-refractivity contribution is 6.39. The largest absolute Gasteiger partial charge is 0.507 e. The van der Waals surface area contributed by atoms with Crippen molar-refractivity contribution in [2.24, 2.45) is 28.6 Å². The molecule has 0 fully saturated rings. The van der Waals surface area contributed by atoms with Crippen LogP contribution in [0.5, 0.6) is 5.75 Å². The van der Waals surface area contributed by atoms with Crippen LogP contribution >= 0.6 is 0 Å². The fourth-order valence-corrected chi connectivity index (χ4v) is 3.35. The third-order valence-electron chi connectivity index (χ3n) is 4.32. The summed E-state index contributed by atoms with van der Waals surface area (Å²) in [4.78, 5) is 38.4. The summed E-state index contributed by atoms with van der Waals surface area (Å²) < 4.78 is 0. The van der Waals surface area contributed by atoms with Crippen molar-refractivity contribution >= 4 is 23.4 Å². The Morgan fingerprint density at radius 3 is 2.25 bits per heavy atom. The standard InChI is InChI=1S/C20H28N4O4/c1-12(2)9-23(10-13(3)4)11-15-17(14-7-5-6-8-16(14)25)22-24(19(15)27)20(28)18(21)26/h5-8,12-13,15,25H,9-11H2,1-4H3,(H2,21,26)/t15-/m1/s1. The number of amides is 3. The van der Waals surface area contributed by atoms with Gasteiger partial charge in [0, 0.05) is 25.2 Å². The molecule has 0 bridgehead atoms. The van der Waals surface area contributed by atoms with Gasteiger partial charge in [-0.05, 0) is 24.0 Å². The van der Waals surface area contributed by atoms with E-state index in [1.165, 1.54) is 6.07 Å². The maximum Gasteiger partial charge on any atom is 0.338 e. The SMILES string of the molecule is CC(C)CN(CC(C)C)C[C@H]1C(=O)N(C(=O)C(N)=O)N=C1c1ccccc1O. The molecule has 2 rings (SSSR count). The van der Waals surface area contributed by atoms with E-state index < -0.39 is 23.6 Å². The van der Waals surface area contributed by atoms with E-state index in [2.05, 4.69) is 37.7 Å². The Hall–Kier alpha value is -2.74. The van der Waals surface area contributed by atoms with Crippen molar-refractivity contribution in [3.63, 3.8) is 0 Å². The van der Waals surface area contributed by atoms with Crippen LogP contribution in [-0.4, -0.2) is 58.1 Å². The zero-order valence-electron chi connectivity index (χ0n) is 16.8. The van der Waals surface area contributed by atoms with E-state index >= 15 is 0 Å². The molecule has 1 atom stereocenters. The summed E-state index contributed by atoms with van der Waals surface area (Å²) in [5, 5.41) is 14.8. The normalized spacial score (nSPS) is 17.0. The maximum absolute atomic E-state index is 12.9. The number of hydrogen-bond donors (Lipinski definition) is 2. The molecule has 0 aliphatic carbocycles. The van der Waals surface area contributed by atoms with E-state index in [-0.39, 0.29) is 11.5 Å². The number of hydrazone groups is 1. The van der Waals surface area contributed by atoms with Gasteiger partial charge in [0.2, 0.25) is 0 Å². The Labute approximate surface area is 165 Å². The number of hydrogen-bond acceptors (Lipinski definition) is 6. The molecule has 1 aliphatic rings. The fourth-order valence-electron chi connectivity index (χ4n) is 3.35. The number of nitrogens with two attached hydrogens (primary N) is 1. The summed E-state index contributed by atoms with van der Waals surface area (Å²) in [6.45, 7) is 10.2. The summed E-state index contributed by atoms with van der Waals surface area (Å²) in [7, 11) is 0. The predicted octanol–water partition coefficient (Wildman–Crippen LogP) is 1.18. The first-order valence-corrected chi connectivity index (χ1v) is 9.38. The number of primary amides is 1. The van der Waals surface area contributed by atoms with Crippen molar-refractivity contribution < 1.29 is 19.5 Å². The molecule has 0 saturated heterocycles. The third-order valence-corrected chi connectivity index (χ3v) is 4.32. The number of rotatable bonds is 7. The fraction of sp³-hybridized carbons (Fsp3) is 0.500. The van der Waals surface area contributed by atoms with E-state index in [0.29, 0.717) is 29.0 Å². The zero-order valence-corrected chi connectivity index (χ0v) is 16.8. The van der Waals surface area contributed by atoms with Gasteiger partial charge >= 0.3 is 11.8 Å². The molecule has 8 nitrogen and oxygen atoms in total. The van der Waals surface area contributed by atoms with Gasteiger partial charge in [-0.15, -0.1) is 0 Å². The Morgan fingerprint density at radius 1 is 1.18 bits per heavy atom. The molecule has 0 saturated carbocycles. The summed E-state index contributed by atoms with van der Waals surface area (Å²) in [6, 6.07) is 6.47. The first kappa shape index (κ1) is 21.6. The average Bonchev–Trinajstić information content (AvgIpc) is 2.90. The summed E-state index contributed by atoms with van der Waals surface area (Å²) in [5.74, 6) is -3.12. The number of phenols is 1. The quantitative estimate of drug-likeness (QED) is 0.681. The Balaban J connectivity index is 2.42. The lowest BCUT2D eigenvalue weighted by atomic mass is 9.94. The Morgan fingerprint density at radius 2 is 1.75 bits per heavy atom. The summed E-state index contributed by atoms with van der Waals surface area (Å²) in [5.41, 5.74) is 5.67. The minimum atomic E-state index is -1.25. The van der Waals surface area contributed by atoms with Crippen LogP contribution in [0, 0.1) is 17.8 Å². The number of carbonyl (C=O) groups excluding carboxylic acids is 3. The molecule has 8 heteroatoms. The Kier molecular flexibility index (Phi) is 6.90. The topological polar surface area (TPSA) is 116 Å². The molecule has 3 amide bonds. The second-order valence-corrected chi connectivity index (χ2v) is 7.88. The van der Waals surface area contributed by atoms with Crippen molar-refractivity contribution in [2.75, 3.05) is 19.6 Å². The number of benzene rings is 1. The number of nitrogens with zero attached hydrogens (tertiary/aromatic N) is 3. The maximum atomic E-state index is 12.9. The van der Waals surface area contributed by atoms with Crippen molar-refractivity contribution in [1.82, 2.24) is 9.91 Å². The molecule has 152 valence electrons. The van der Waals surface area contributed by atoms with E-state index in [0.717, 1.165) is 13.1 Å². The van der Waals surface area contributed by atoms with Crippen LogP contribution in [-0.2, 0) is 14.4 Å². The van der Waals surface area contributed by atoms with Gasteiger partial charge < -0.3 is 15.7 Å². The number of para-hydroxylation sites is 1. The highest BCUT2D eigenvalue weighted by Crippen LogP contribution is 2.28. The van der Waals surface area contributed by atoms with Crippen LogP contribution in [0.2, 0.25) is 0 Å². The van der Waals surface area contributed by atoms with Crippen molar-refractivity contribution in [2.45, 2.75) is 27.7 Å². The first-order chi connectivity index (χ1) is 13.1. The molecule has 0 aromatic heterocycles. The van der Waals surface area contributed by atoms with Crippen LogP contribution in [0.15, 0.2) is 29.4 Å². The molecule has 28 heavy (non-hydrogen) atoms.